The lowest BCUT2D eigenvalue weighted by molar-refractivity contribution is -0.145. The summed E-state index contributed by atoms with van der Waals surface area (Å²) in [7, 11) is 0. The Bertz CT molecular complexity index is 918. The van der Waals surface area contributed by atoms with E-state index in [9.17, 15) is 0 Å². The highest BCUT2D eigenvalue weighted by Crippen LogP contribution is 2.52. The Balaban J connectivity index is 1.59. The van der Waals surface area contributed by atoms with Crippen LogP contribution in [0.5, 0.6) is 5.75 Å². The second-order valence-electron chi connectivity index (χ2n) is 8.00. The van der Waals surface area contributed by atoms with Gasteiger partial charge in [0.15, 0.2) is 5.72 Å². The summed E-state index contributed by atoms with van der Waals surface area (Å²) in [5.41, 5.74) is 2.85. The molecule has 1 spiro atoms. The highest BCUT2D eigenvalue weighted by molar-refractivity contribution is 6.37. The number of nitrogens with zero attached hydrogens (tertiary/aromatic N) is 2. The molecule has 1 fully saturated rings. The van der Waals surface area contributed by atoms with E-state index in [0.717, 1.165) is 55.0 Å². The van der Waals surface area contributed by atoms with Crippen molar-refractivity contribution in [3.05, 3.63) is 63.6 Å². The van der Waals surface area contributed by atoms with Crippen molar-refractivity contribution in [2.24, 2.45) is 11.0 Å². The number of hydrogen-bond donors (Lipinski definition) is 0. The zero-order chi connectivity index (χ0) is 18.6. The maximum Gasteiger partial charge on any atom is 0.198 e. The highest BCUT2D eigenvalue weighted by atomic mass is 35.5. The molecule has 0 amide bonds. The fourth-order valence-corrected chi connectivity index (χ4v) is 5.18. The van der Waals surface area contributed by atoms with Gasteiger partial charge < -0.3 is 4.74 Å². The standard InChI is InChI=1S/C22H22Cl2N2O/c1-14-8-10-22(11-9-14)26-20(17-4-2-3-5-21(17)27-22)13-19(25-26)16-7-6-15(23)12-18(16)24/h2-7,12,14,20H,8-11,13H2,1H3/t14?,20-,22?/m1/s1. The number of rotatable bonds is 1. The Labute approximate surface area is 169 Å². The van der Waals surface area contributed by atoms with Crippen LogP contribution in [0.25, 0.3) is 0 Å². The van der Waals surface area contributed by atoms with Crippen LogP contribution in [0.4, 0.5) is 0 Å². The van der Waals surface area contributed by atoms with Gasteiger partial charge in [0.05, 0.1) is 16.8 Å². The largest absolute Gasteiger partial charge is 0.466 e. The third kappa shape index (κ3) is 2.83. The minimum Gasteiger partial charge on any atom is -0.466 e. The number of benzene rings is 2. The molecule has 3 nitrogen and oxygen atoms in total. The molecule has 2 aromatic rings. The first-order valence-corrected chi connectivity index (χ1v) is 10.4. The molecule has 3 aliphatic rings. The summed E-state index contributed by atoms with van der Waals surface area (Å²) in [5, 5.41) is 8.61. The Morgan fingerprint density at radius 3 is 2.67 bits per heavy atom. The smallest absolute Gasteiger partial charge is 0.198 e. The molecule has 5 rings (SSSR count). The van der Waals surface area contributed by atoms with Gasteiger partial charge in [0.25, 0.3) is 0 Å². The van der Waals surface area contributed by atoms with Crippen LogP contribution in [-0.2, 0) is 0 Å². The summed E-state index contributed by atoms with van der Waals surface area (Å²) in [5.74, 6) is 1.75. The molecule has 0 radical (unpaired) electrons. The SMILES string of the molecule is CC1CCC2(CC1)Oc1ccccc1[C@H]1CC(c3ccc(Cl)cc3Cl)=NN12. The number of hydrazone groups is 1. The second kappa shape index (κ2) is 6.42. The molecule has 2 aromatic carbocycles. The van der Waals surface area contributed by atoms with Gasteiger partial charge in [-0.3, -0.25) is 0 Å². The van der Waals surface area contributed by atoms with Gasteiger partial charge in [-0.05, 0) is 37.0 Å². The van der Waals surface area contributed by atoms with Crippen molar-refractivity contribution in [3.63, 3.8) is 0 Å². The number of fused-ring (bicyclic) bond motifs is 4. The summed E-state index contributed by atoms with van der Waals surface area (Å²) < 4.78 is 6.62. The van der Waals surface area contributed by atoms with Crippen LogP contribution in [0.15, 0.2) is 47.6 Å². The van der Waals surface area contributed by atoms with Crippen molar-refractivity contribution in [2.75, 3.05) is 0 Å². The average Bonchev–Trinajstić information content (AvgIpc) is 3.11. The predicted octanol–water partition coefficient (Wildman–Crippen LogP) is 6.44. The molecule has 1 atom stereocenters. The fraction of sp³-hybridized carbons (Fsp3) is 0.409. The average molecular weight is 401 g/mol. The first kappa shape index (κ1) is 17.4. The summed E-state index contributed by atoms with van der Waals surface area (Å²) >= 11 is 12.6. The normalized spacial score (nSPS) is 29.1. The van der Waals surface area contributed by atoms with Crippen LogP contribution in [-0.4, -0.2) is 16.4 Å². The van der Waals surface area contributed by atoms with Crippen molar-refractivity contribution in [3.8, 4) is 5.75 Å². The first-order chi connectivity index (χ1) is 13.1. The predicted molar refractivity (Wildman–Crippen MR) is 110 cm³/mol. The van der Waals surface area contributed by atoms with Crippen molar-refractivity contribution < 1.29 is 4.74 Å². The summed E-state index contributed by atoms with van der Waals surface area (Å²) in [6, 6.07) is 14.2. The molecule has 1 saturated carbocycles. The van der Waals surface area contributed by atoms with E-state index in [-0.39, 0.29) is 11.8 Å². The van der Waals surface area contributed by atoms with Gasteiger partial charge in [0, 0.05) is 35.4 Å². The minimum absolute atomic E-state index is 0.199. The molecule has 0 aromatic heterocycles. The van der Waals surface area contributed by atoms with Gasteiger partial charge in [-0.1, -0.05) is 54.4 Å². The van der Waals surface area contributed by atoms with Gasteiger partial charge in [-0.2, -0.15) is 5.10 Å². The molecule has 0 unspecified atom stereocenters. The van der Waals surface area contributed by atoms with Crippen LogP contribution >= 0.6 is 23.2 Å². The fourth-order valence-electron chi connectivity index (χ4n) is 4.66. The molecule has 1 aliphatic carbocycles. The third-order valence-electron chi connectivity index (χ3n) is 6.20. The van der Waals surface area contributed by atoms with E-state index in [2.05, 4.69) is 36.2 Å². The molecule has 2 aliphatic heterocycles. The van der Waals surface area contributed by atoms with E-state index in [1.165, 1.54) is 5.56 Å². The summed E-state index contributed by atoms with van der Waals surface area (Å²) in [6.07, 6.45) is 5.17. The van der Waals surface area contributed by atoms with Crippen molar-refractivity contribution in [1.29, 1.82) is 0 Å². The topological polar surface area (TPSA) is 24.8 Å². The maximum atomic E-state index is 6.62. The molecule has 2 heterocycles. The maximum absolute atomic E-state index is 6.62. The molecule has 0 N–H and O–H groups in total. The minimum atomic E-state index is -0.341. The summed E-state index contributed by atoms with van der Waals surface area (Å²) in [4.78, 5) is 0. The van der Waals surface area contributed by atoms with Gasteiger partial charge in [-0.25, -0.2) is 5.01 Å². The molecular weight excluding hydrogens is 379 g/mol. The van der Waals surface area contributed by atoms with E-state index >= 15 is 0 Å². The van der Waals surface area contributed by atoms with Crippen molar-refractivity contribution in [2.45, 2.75) is 50.8 Å². The Morgan fingerprint density at radius 2 is 1.89 bits per heavy atom. The molecule has 27 heavy (non-hydrogen) atoms. The lowest BCUT2D eigenvalue weighted by atomic mass is 9.82. The zero-order valence-corrected chi connectivity index (χ0v) is 16.8. The zero-order valence-electron chi connectivity index (χ0n) is 15.3. The molecule has 0 bridgehead atoms. The van der Waals surface area contributed by atoms with Crippen molar-refractivity contribution in [1.82, 2.24) is 5.01 Å². The van der Waals surface area contributed by atoms with Crippen LogP contribution < -0.4 is 4.74 Å². The Morgan fingerprint density at radius 1 is 1.11 bits per heavy atom. The van der Waals surface area contributed by atoms with E-state index in [4.69, 9.17) is 33.0 Å². The van der Waals surface area contributed by atoms with E-state index in [0.29, 0.717) is 10.0 Å². The lowest BCUT2D eigenvalue weighted by Gasteiger charge is -2.50. The monoisotopic (exact) mass is 400 g/mol. The van der Waals surface area contributed by atoms with Crippen LogP contribution in [0.2, 0.25) is 10.0 Å². The third-order valence-corrected chi connectivity index (χ3v) is 6.75. The van der Waals surface area contributed by atoms with Crippen LogP contribution in [0, 0.1) is 5.92 Å². The van der Waals surface area contributed by atoms with E-state index < -0.39 is 0 Å². The summed E-state index contributed by atoms with van der Waals surface area (Å²) in [6.45, 7) is 2.33. The van der Waals surface area contributed by atoms with E-state index in [1.54, 1.807) is 6.07 Å². The number of halogens is 2. The van der Waals surface area contributed by atoms with Gasteiger partial charge in [0.2, 0.25) is 0 Å². The number of hydrogen-bond acceptors (Lipinski definition) is 3. The highest BCUT2D eigenvalue weighted by Gasteiger charge is 2.51. The van der Waals surface area contributed by atoms with E-state index in [1.807, 2.05) is 12.1 Å². The molecule has 5 heteroatoms. The second-order valence-corrected chi connectivity index (χ2v) is 8.85. The quantitative estimate of drug-likeness (QED) is 0.549. The Hall–Kier alpha value is -1.71. The lowest BCUT2D eigenvalue weighted by Crippen LogP contribution is -2.55. The van der Waals surface area contributed by atoms with Crippen molar-refractivity contribution >= 4 is 28.9 Å². The van der Waals surface area contributed by atoms with Gasteiger partial charge >= 0.3 is 0 Å². The van der Waals surface area contributed by atoms with Gasteiger partial charge in [-0.15, -0.1) is 0 Å². The van der Waals surface area contributed by atoms with Crippen LogP contribution in [0.3, 0.4) is 0 Å². The molecule has 140 valence electrons. The first-order valence-electron chi connectivity index (χ1n) is 9.66. The number of para-hydroxylation sites is 1. The van der Waals surface area contributed by atoms with Crippen LogP contribution in [0.1, 0.15) is 56.2 Å². The van der Waals surface area contributed by atoms with Gasteiger partial charge in [0.1, 0.15) is 5.75 Å². The molecular formula is C22H22Cl2N2O. The molecule has 0 saturated heterocycles. The Kier molecular flexibility index (Phi) is 4.14. The number of ether oxygens (including phenoxy) is 1.